The standard InChI is InChI=1S/C18H10BrF2N3O2/c19-11-2-4-15-10(5-11)6-13(18(25)22-15)17-23-16(26-24-17)7-9-1-3-12(20)8-14(9)21/h1-6,8H,7H2,(H,22,25). The summed E-state index contributed by atoms with van der Waals surface area (Å²) in [6.45, 7) is 0. The molecule has 1 N–H and O–H groups in total. The predicted molar refractivity (Wildman–Crippen MR) is 94.7 cm³/mol. The molecule has 130 valence electrons. The molecule has 0 spiro atoms. The number of benzene rings is 2. The van der Waals surface area contributed by atoms with Crippen LogP contribution in [0.2, 0.25) is 0 Å². The van der Waals surface area contributed by atoms with Crippen molar-refractivity contribution in [3.63, 3.8) is 0 Å². The summed E-state index contributed by atoms with van der Waals surface area (Å²) in [7, 11) is 0. The molecule has 0 saturated heterocycles. The number of nitrogens with one attached hydrogen (secondary N) is 1. The third-order valence-electron chi connectivity index (χ3n) is 3.87. The summed E-state index contributed by atoms with van der Waals surface area (Å²) in [6.07, 6.45) is -0.00382. The molecule has 0 aliphatic rings. The number of rotatable bonds is 3. The number of halogens is 3. The molecule has 0 amide bonds. The van der Waals surface area contributed by atoms with E-state index < -0.39 is 11.6 Å². The minimum Gasteiger partial charge on any atom is -0.339 e. The molecule has 0 radical (unpaired) electrons. The minimum absolute atomic E-state index is 0.00382. The van der Waals surface area contributed by atoms with Crippen LogP contribution in [0.4, 0.5) is 8.78 Å². The second-order valence-corrected chi connectivity index (χ2v) is 6.58. The van der Waals surface area contributed by atoms with Crippen LogP contribution < -0.4 is 5.56 Å². The summed E-state index contributed by atoms with van der Waals surface area (Å²) >= 11 is 3.38. The zero-order valence-corrected chi connectivity index (χ0v) is 14.7. The SMILES string of the molecule is O=c1[nH]c2ccc(Br)cc2cc1-c1noc(Cc2ccc(F)cc2F)n1. The molecule has 0 saturated carbocycles. The average Bonchev–Trinajstić information content (AvgIpc) is 3.05. The molecule has 2 aromatic carbocycles. The highest BCUT2D eigenvalue weighted by molar-refractivity contribution is 9.10. The van der Waals surface area contributed by atoms with Crippen LogP contribution in [0.15, 0.2) is 56.3 Å². The van der Waals surface area contributed by atoms with Crippen molar-refractivity contribution in [2.45, 2.75) is 6.42 Å². The van der Waals surface area contributed by atoms with Crippen LogP contribution in [0, 0.1) is 11.6 Å². The Kier molecular flexibility index (Phi) is 4.12. The van der Waals surface area contributed by atoms with Gasteiger partial charge >= 0.3 is 0 Å². The fraction of sp³-hybridized carbons (Fsp3) is 0.0556. The van der Waals surface area contributed by atoms with Crippen molar-refractivity contribution in [3.05, 3.63) is 80.4 Å². The van der Waals surface area contributed by atoms with Crippen LogP contribution in [0.25, 0.3) is 22.3 Å². The number of hydrogen-bond donors (Lipinski definition) is 1. The van der Waals surface area contributed by atoms with E-state index in [2.05, 4.69) is 31.1 Å². The lowest BCUT2D eigenvalue weighted by Crippen LogP contribution is -2.09. The van der Waals surface area contributed by atoms with E-state index in [0.29, 0.717) is 5.52 Å². The van der Waals surface area contributed by atoms with Crippen molar-refractivity contribution in [2.75, 3.05) is 0 Å². The van der Waals surface area contributed by atoms with Crippen molar-refractivity contribution in [1.29, 1.82) is 0 Å². The van der Waals surface area contributed by atoms with Crippen LogP contribution >= 0.6 is 15.9 Å². The van der Waals surface area contributed by atoms with Gasteiger partial charge in [-0.3, -0.25) is 4.79 Å². The number of fused-ring (bicyclic) bond motifs is 1. The van der Waals surface area contributed by atoms with Crippen LogP contribution in [-0.2, 0) is 6.42 Å². The van der Waals surface area contributed by atoms with Crippen molar-refractivity contribution in [3.8, 4) is 11.4 Å². The lowest BCUT2D eigenvalue weighted by Gasteiger charge is -2.01. The molecule has 2 aromatic heterocycles. The highest BCUT2D eigenvalue weighted by atomic mass is 79.9. The number of hydrogen-bond acceptors (Lipinski definition) is 4. The first-order valence-electron chi connectivity index (χ1n) is 7.59. The first-order valence-corrected chi connectivity index (χ1v) is 8.38. The van der Waals surface area contributed by atoms with Gasteiger partial charge in [0.15, 0.2) is 0 Å². The summed E-state index contributed by atoms with van der Waals surface area (Å²) in [4.78, 5) is 19.2. The summed E-state index contributed by atoms with van der Waals surface area (Å²) in [5.41, 5.74) is 0.780. The van der Waals surface area contributed by atoms with Gasteiger partial charge in [0.2, 0.25) is 11.7 Å². The van der Waals surface area contributed by atoms with Gasteiger partial charge in [-0.15, -0.1) is 0 Å². The Morgan fingerprint density at radius 3 is 2.77 bits per heavy atom. The number of aromatic nitrogens is 3. The Hall–Kier alpha value is -2.87. The van der Waals surface area contributed by atoms with Gasteiger partial charge in [-0.25, -0.2) is 8.78 Å². The maximum Gasteiger partial charge on any atom is 0.259 e. The van der Waals surface area contributed by atoms with Crippen LogP contribution in [0.1, 0.15) is 11.5 Å². The smallest absolute Gasteiger partial charge is 0.259 e. The molecule has 5 nitrogen and oxygen atoms in total. The van der Waals surface area contributed by atoms with Crippen molar-refractivity contribution in [1.82, 2.24) is 15.1 Å². The molecule has 0 unspecified atom stereocenters. The molecule has 4 aromatic rings. The molecule has 0 aliphatic heterocycles. The highest BCUT2D eigenvalue weighted by Crippen LogP contribution is 2.22. The molecule has 8 heteroatoms. The van der Waals surface area contributed by atoms with Crippen molar-refractivity contribution >= 4 is 26.8 Å². The highest BCUT2D eigenvalue weighted by Gasteiger charge is 2.15. The zero-order chi connectivity index (χ0) is 18.3. The molecular weight excluding hydrogens is 408 g/mol. The largest absolute Gasteiger partial charge is 0.339 e. The number of H-pyrrole nitrogens is 1. The van der Waals surface area contributed by atoms with E-state index in [1.54, 1.807) is 12.1 Å². The van der Waals surface area contributed by atoms with E-state index in [1.807, 2.05) is 12.1 Å². The lowest BCUT2D eigenvalue weighted by atomic mass is 10.1. The van der Waals surface area contributed by atoms with Gasteiger partial charge in [0, 0.05) is 21.4 Å². The molecule has 0 aliphatic carbocycles. The van der Waals surface area contributed by atoms with Crippen molar-refractivity contribution in [2.24, 2.45) is 0 Å². The maximum atomic E-state index is 13.8. The molecule has 0 bridgehead atoms. The summed E-state index contributed by atoms with van der Waals surface area (Å²) in [6, 6.07) is 10.4. The number of aromatic amines is 1. The maximum absolute atomic E-state index is 13.8. The predicted octanol–water partition coefficient (Wildman–Crippen LogP) is 4.21. The zero-order valence-electron chi connectivity index (χ0n) is 13.1. The van der Waals surface area contributed by atoms with E-state index in [4.69, 9.17) is 4.52 Å². The van der Waals surface area contributed by atoms with Gasteiger partial charge in [0.05, 0.1) is 12.0 Å². The van der Waals surface area contributed by atoms with Gasteiger partial charge in [-0.2, -0.15) is 4.98 Å². The second kappa shape index (κ2) is 6.45. The van der Waals surface area contributed by atoms with E-state index in [0.717, 1.165) is 22.0 Å². The minimum atomic E-state index is -0.696. The fourth-order valence-electron chi connectivity index (χ4n) is 2.61. The van der Waals surface area contributed by atoms with E-state index in [1.165, 1.54) is 6.07 Å². The van der Waals surface area contributed by atoms with Gasteiger partial charge < -0.3 is 9.51 Å². The topological polar surface area (TPSA) is 71.8 Å². The first kappa shape index (κ1) is 16.6. The fourth-order valence-corrected chi connectivity index (χ4v) is 2.99. The Labute approximate surface area is 153 Å². The van der Waals surface area contributed by atoms with Crippen molar-refractivity contribution < 1.29 is 13.3 Å². The number of nitrogens with zero attached hydrogens (tertiary/aromatic N) is 2. The first-order chi connectivity index (χ1) is 12.5. The molecule has 4 rings (SSSR count). The summed E-state index contributed by atoms with van der Waals surface area (Å²) < 4.78 is 32.7. The van der Waals surface area contributed by atoms with Crippen LogP contribution in [-0.4, -0.2) is 15.1 Å². The normalized spacial score (nSPS) is 11.2. The Morgan fingerprint density at radius 2 is 1.96 bits per heavy atom. The van der Waals surface area contributed by atoms with Gasteiger partial charge in [-0.1, -0.05) is 27.2 Å². The third-order valence-corrected chi connectivity index (χ3v) is 4.37. The average molecular weight is 418 g/mol. The van der Waals surface area contributed by atoms with E-state index >= 15 is 0 Å². The van der Waals surface area contributed by atoms with Crippen LogP contribution in [0.3, 0.4) is 0 Å². The summed E-state index contributed by atoms with van der Waals surface area (Å²) in [5.74, 6) is -1.13. The van der Waals surface area contributed by atoms with Crippen LogP contribution in [0.5, 0.6) is 0 Å². The van der Waals surface area contributed by atoms with E-state index in [9.17, 15) is 13.6 Å². The summed E-state index contributed by atoms with van der Waals surface area (Å²) in [5, 5.41) is 4.60. The monoisotopic (exact) mass is 417 g/mol. The quantitative estimate of drug-likeness (QED) is 0.541. The Balaban J connectivity index is 1.70. The number of pyridine rings is 1. The van der Waals surface area contributed by atoms with Gasteiger partial charge in [-0.05, 0) is 35.9 Å². The lowest BCUT2D eigenvalue weighted by molar-refractivity contribution is 0.384. The molecular formula is C18H10BrF2N3O2. The Bertz CT molecular complexity index is 1190. The second-order valence-electron chi connectivity index (χ2n) is 5.67. The molecule has 0 atom stereocenters. The third kappa shape index (κ3) is 3.15. The molecule has 26 heavy (non-hydrogen) atoms. The molecule has 0 fully saturated rings. The van der Waals surface area contributed by atoms with E-state index in [-0.39, 0.29) is 34.8 Å². The van der Waals surface area contributed by atoms with Gasteiger partial charge in [0.25, 0.3) is 5.56 Å². The molecule has 2 heterocycles. The van der Waals surface area contributed by atoms with Gasteiger partial charge in [0.1, 0.15) is 11.6 Å². The Morgan fingerprint density at radius 1 is 1.12 bits per heavy atom.